The highest BCUT2D eigenvalue weighted by molar-refractivity contribution is 5.29. The van der Waals surface area contributed by atoms with Gasteiger partial charge in [0, 0.05) is 25.5 Å². The van der Waals surface area contributed by atoms with Gasteiger partial charge in [-0.2, -0.15) is 0 Å². The van der Waals surface area contributed by atoms with Crippen molar-refractivity contribution in [3.8, 4) is 5.75 Å². The van der Waals surface area contributed by atoms with E-state index in [0.717, 1.165) is 6.07 Å². The van der Waals surface area contributed by atoms with Crippen LogP contribution in [-0.4, -0.2) is 29.0 Å². The van der Waals surface area contributed by atoms with Gasteiger partial charge in [0.1, 0.15) is 11.9 Å². The molecular formula is C19H21FO5. The number of benzene rings is 1. The predicted molar refractivity (Wildman–Crippen MR) is 89.4 cm³/mol. The first-order chi connectivity index (χ1) is 12.0. The summed E-state index contributed by atoms with van der Waals surface area (Å²) >= 11 is 0. The highest BCUT2D eigenvalue weighted by atomic mass is 19.1. The number of methoxy groups -OCH3 is 1. The van der Waals surface area contributed by atoms with E-state index < -0.39 is 23.8 Å². The number of aromatic hydroxyl groups is 1. The van der Waals surface area contributed by atoms with Crippen molar-refractivity contribution < 1.29 is 28.9 Å². The Morgan fingerprint density at radius 1 is 1.32 bits per heavy atom. The third-order valence-electron chi connectivity index (χ3n) is 3.63. The van der Waals surface area contributed by atoms with Crippen LogP contribution in [0.4, 0.5) is 4.39 Å². The quantitative estimate of drug-likeness (QED) is 0.637. The summed E-state index contributed by atoms with van der Waals surface area (Å²) in [5.41, 5.74) is 4.06. The van der Waals surface area contributed by atoms with Gasteiger partial charge in [-0.1, -0.05) is 6.07 Å². The van der Waals surface area contributed by atoms with Gasteiger partial charge in [-0.05, 0) is 35.9 Å². The van der Waals surface area contributed by atoms with E-state index in [1.54, 1.807) is 18.2 Å². The zero-order valence-corrected chi connectivity index (χ0v) is 13.9. The first-order valence-electron chi connectivity index (χ1n) is 7.81. The molecule has 0 spiro atoms. The standard InChI is InChI=1S/C19H21FO5/c1-24-12-13(10-18(23)19-6-3-9-25-19)4-2-5-16(21)14-7-8-17(22)15(20)11-14/h2-3,6-9,11,16,18,21-23H,5,10,12H2,1H3/t4?,16-,18-/m1/s1. The molecule has 3 N–H and O–H groups in total. The largest absolute Gasteiger partial charge is 0.505 e. The molecule has 134 valence electrons. The number of phenolic OH excluding ortho intramolecular Hbond substituents is 1. The molecule has 25 heavy (non-hydrogen) atoms. The second-order valence-corrected chi connectivity index (χ2v) is 5.58. The summed E-state index contributed by atoms with van der Waals surface area (Å²) in [4.78, 5) is 0. The average molecular weight is 348 g/mol. The number of hydrogen-bond donors (Lipinski definition) is 3. The van der Waals surface area contributed by atoms with Crippen LogP contribution in [0.2, 0.25) is 0 Å². The molecule has 5 nitrogen and oxygen atoms in total. The highest BCUT2D eigenvalue weighted by Crippen LogP contribution is 2.24. The molecule has 0 aliphatic heterocycles. The van der Waals surface area contributed by atoms with Crippen molar-refractivity contribution in [1.29, 1.82) is 0 Å². The van der Waals surface area contributed by atoms with Crippen LogP contribution in [0.5, 0.6) is 5.75 Å². The minimum atomic E-state index is -0.929. The van der Waals surface area contributed by atoms with Crippen molar-refractivity contribution in [2.24, 2.45) is 0 Å². The van der Waals surface area contributed by atoms with Crippen LogP contribution in [0.3, 0.4) is 0 Å². The van der Waals surface area contributed by atoms with Gasteiger partial charge in [-0.25, -0.2) is 4.39 Å². The minimum absolute atomic E-state index is 0.203. The molecule has 0 fully saturated rings. The van der Waals surface area contributed by atoms with Crippen LogP contribution in [0.25, 0.3) is 0 Å². The minimum Gasteiger partial charge on any atom is -0.505 e. The number of ether oxygens (including phenoxy) is 1. The third kappa shape index (κ3) is 5.59. The van der Waals surface area contributed by atoms with E-state index in [1.165, 1.54) is 25.5 Å². The van der Waals surface area contributed by atoms with E-state index in [9.17, 15) is 19.7 Å². The summed E-state index contributed by atoms with van der Waals surface area (Å²) < 4.78 is 23.6. The van der Waals surface area contributed by atoms with Crippen molar-refractivity contribution in [2.45, 2.75) is 25.0 Å². The number of aliphatic hydroxyl groups excluding tert-OH is 2. The molecule has 0 radical (unpaired) electrons. The summed E-state index contributed by atoms with van der Waals surface area (Å²) in [6.07, 6.45) is 1.84. The van der Waals surface area contributed by atoms with Crippen molar-refractivity contribution in [3.05, 3.63) is 71.1 Å². The molecule has 1 heterocycles. The van der Waals surface area contributed by atoms with E-state index in [4.69, 9.17) is 9.15 Å². The number of hydrogen-bond acceptors (Lipinski definition) is 5. The smallest absolute Gasteiger partial charge is 0.165 e. The van der Waals surface area contributed by atoms with Gasteiger partial charge in [0.15, 0.2) is 11.6 Å². The van der Waals surface area contributed by atoms with Crippen LogP contribution in [0.15, 0.2) is 58.4 Å². The predicted octanol–water partition coefficient (Wildman–Crippen LogP) is 3.40. The van der Waals surface area contributed by atoms with Gasteiger partial charge in [0.05, 0.1) is 19.0 Å². The maximum absolute atomic E-state index is 13.3. The topological polar surface area (TPSA) is 83.1 Å². The van der Waals surface area contributed by atoms with Gasteiger partial charge in [0.2, 0.25) is 0 Å². The van der Waals surface area contributed by atoms with Crippen molar-refractivity contribution in [1.82, 2.24) is 0 Å². The molecule has 0 saturated heterocycles. The summed E-state index contributed by atoms with van der Waals surface area (Å²) in [7, 11) is 1.54. The lowest BCUT2D eigenvalue weighted by atomic mass is 10.0. The van der Waals surface area contributed by atoms with Crippen LogP contribution in [-0.2, 0) is 4.74 Å². The van der Waals surface area contributed by atoms with Crippen LogP contribution in [0, 0.1) is 5.82 Å². The fraction of sp³-hybridized carbons (Fsp3) is 0.316. The molecule has 0 bridgehead atoms. The molecule has 2 rings (SSSR count). The molecule has 2 atom stereocenters. The summed E-state index contributed by atoms with van der Waals surface area (Å²) in [5.74, 6) is -0.784. The van der Waals surface area contributed by atoms with Gasteiger partial charge in [-0.15, -0.1) is 5.73 Å². The lowest BCUT2D eigenvalue weighted by Crippen LogP contribution is -2.02. The molecule has 0 aliphatic carbocycles. The van der Waals surface area contributed by atoms with E-state index >= 15 is 0 Å². The zero-order chi connectivity index (χ0) is 18.2. The normalized spacial score (nSPS) is 13.1. The third-order valence-corrected chi connectivity index (χ3v) is 3.63. The van der Waals surface area contributed by atoms with Crippen LogP contribution < -0.4 is 0 Å². The second-order valence-electron chi connectivity index (χ2n) is 5.58. The maximum Gasteiger partial charge on any atom is 0.165 e. The van der Waals surface area contributed by atoms with E-state index in [2.05, 4.69) is 5.73 Å². The number of rotatable bonds is 8. The molecule has 0 amide bonds. The first kappa shape index (κ1) is 19.0. The molecule has 0 saturated carbocycles. The Hall–Kier alpha value is -2.37. The number of aliphatic hydroxyl groups is 2. The van der Waals surface area contributed by atoms with E-state index in [0.29, 0.717) is 16.9 Å². The Labute approximate surface area is 145 Å². The highest BCUT2D eigenvalue weighted by Gasteiger charge is 2.13. The Balaban J connectivity index is 2.03. The molecule has 1 aromatic heterocycles. The number of halogens is 1. The summed E-state index contributed by atoms with van der Waals surface area (Å²) in [5, 5.41) is 29.4. The van der Waals surface area contributed by atoms with Crippen molar-refractivity contribution in [3.63, 3.8) is 0 Å². The monoisotopic (exact) mass is 348 g/mol. The lowest BCUT2D eigenvalue weighted by molar-refractivity contribution is 0.141. The fourth-order valence-electron chi connectivity index (χ4n) is 2.33. The summed E-state index contributed by atoms with van der Waals surface area (Å²) in [6.45, 7) is 0.276. The van der Waals surface area contributed by atoms with E-state index in [-0.39, 0.29) is 19.4 Å². The Morgan fingerprint density at radius 3 is 2.76 bits per heavy atom. The van der Waals surface area contributed by atoms with Gasteiger partial charge in [0.25, 0.3) is 0 Å². The van der Waals surface area contributed by atoms with Gasteiger partial charge < -0.3 is 24.5 Å². The molecule has 0 unspecified atom stereocenters. The molecule has 1 aromatic carbocycles. The Kier molecular flexibility index (Phi) is 6.98. The number of phenols is 1. The Morgan fingerprint density at radius 2 is 2.12 bits per heavy atom. The average Bonchev–Trinajstić information content (AvgIpc) is 3.12. The Bertz CT molecular complexity index is 732. The maximum atomic E-state index is 13.3. The first-order valence-corrected chi connectivity index (χ1v) is 7.81. The lowest BCUT2D eigenvalue weighted by Gasteiger charge is -2.10. The van der Waals surface area contributed by atoms with Gasteiger partial charge in [-0.3, -0.25) is 0 Å². The van der Waals surface area contributed by atoms with Gasteiger partial charge >= 0.3 is 0 Å². The fourth-order valence-corrected chi connectivity index (χ4v) is 2.33. The molecule has 2 aromatic rings. The summed E-state index contributed by atoms with van der Waals surface area (Å²) in [6, 6.07) is 7.12. The molecular weight excluding hydrogens is 327 g/mol. The van der Waals surface area contributed by atoms with E-state index in [1.807, 2.05) is 0 Å². The number of furan rings is 1. The van der Waals surface area contributed by atoms with Crippen molar-refractivity contribution in [2.75, 3.05) is 13.7 Å². The SMILES string of the molecule is COCC(=C=CC[C@@H](O)c1ccc(O)c(F)c1)C[C@@H](O)c1ccco1. The second kappa shape index (κ2) is 9.20. The molecule has 6 heteroatoms. The van der Waals surface area contributed by atoms with Crippen LogP contribution >= 0.6 is 0 Å². The van der Waals surface area contributed by atoms with Crippen LogP contribution in [0.1, 0.15) is 36.4 Å². The molecule has 0 aliphatic rings. The van der Waals surface area contributed by atoms with Crippen molar-refractivity contribution >= 4 is 0 Å². The zero-order valence-electron chi connectivity index (χ0n) is 13.9.